The van der Waals surface area contributed by atoms with Crippen LogP contribution in [0.15, 0.2) is 115 Å². The minimum absolute atomic E-state index is 0.0640. The summed E-state index contributed by atoms with van der Waals surface area (Å²) in [5.74, 6) is 1.84. The van der Waals surface area contributed by atoms with Crippen LogP contribution < -0.4 is 14.8 Å². The lowest BCUT2D eigenvalue weighted by atomic mass is 9.80. The predicted octanol–water partition coefficient (Wildman–Crippen LogP) is 9.29. The van der Waals surface area contributed by atoms with E-state index in [4.69, 9.17) is 28.0 Å². The van der Waals surface area contributed by atoms with Crippen LogP contribution in [0.25, 0.3) is 11.3 Å². The molecule has 1 fully saturated rings. The third kappa shape index (κ3) is 9.71. The fourth-order valence-corrected chi connectivity index (χ4v) is 9.67. The van der Waals surface area contributed by atoms with Crippen LogP contribution in [0, 0.1) is 11.3 Å². The molecule has 1 saturated heterocycles. The standard InChI is InChI=1S/C47H53N6O7P/c1-32(2)53(33(3)4)61(58-27-13-26-48)60-42-29-44(52-30-35-28-41(34-14-9-7-10-15-34)50-51-45(35)49-46(52)54)59-43(42)31-57-47(36-16-11-8-12-17-36,37-18-22-39(55-5)23-19-37)38-20-24-40(56-6)25-21-38/h7-12,14-25,28,32-33,42-44H,13,27,29-31H2,1-6H3,(H,49,51,54)/t42-,43+,44+,61?/m0/s1. The van der Waals surface area contributed by atoms with E-state index in [-0.39, 0.29) is 44.3 Å². The fraction of sp³-hybridized carbons (Fsp3) is 0.362. The smallest absolute Gasteiger partial charge is 0.325 e. The second kappa shape index (κ2) is 19.9. The largest absolute Gasteiger partial charge is 0.497 e. The number of methoxy groups -OCH3 is 2. The summed E-state index contributed by atoms with van der Waals surface area (Å²) in [6, 6.07) is 39.5. The molecule has 0 spiro atoms. The summed E-state index contributed by atoms with van der Waals surface area (Å²) in [7, 11) is 1.61. The Morgan fingerprint density at radius 2 is 1.46 bits per heavy atom. The molecule has 4 atom stereocenters. The number of amides is 2. The molecule has 0 saturated carbocycles. The van der Waals surface area contributed by atoms with Crippen molar-refractivity contribution in [3.63, 3.8) is 0 Å². The molecule has 2 amide bonds. The molecule has 2 aliphatic heterocycles. The number of hydrogen-bond donors (Lipinski definition) is 1. The molecule has 61 heavy (non-hydrogen) atoms. The van der Waals surface area contributed by atoms with Gasteiger partial charge in [0, 0.05) is 29.6 Å². The normalized spacial score (nSPS) is 18.2. The van der Waals surface area contributed by atoms with Crippen LogP contribution in [0.4, 0.5) is 10.6 Å². The van der Waals surface area contributed by atoms with Gasteiger partial charge in [0.1, 0.15) is 29.4 Å². The van der Waals surface area contributed by atoms with Gasteiger partial charge in [-0.15, -0.1) is 10.2 Å². The van der Waals surface area contributed by atoms with Gasteiger partial charge in [-0.3, -0.25) is 10.2 Å². The number of nitriles is 1. The number of nitrogens with one attached hydrogen (secondary N) is 1. The maximum Gasteiger partial charge on any atom is 0.325 e. The summed E-state index contributed by atoms with van der Waals surface area (Å²) in [6.07, 6.45) is -1.40. The van der Waals surface area contributed by atoms with Gasteiger partial charge >= 0.3 is 6.03 Å². The lowest BCUT2D eigenvalue weighted by molar-refractivity contribution is -0.102. The van der Waals surface area contributed by atoms with E-state index < -0.39 is 32.6 Å². The molecule has 1 unspecified atom stereocenters. The van der Waals surface area contributed by atoms with Crippen LogP contribution in [0.3, 0.4) is 0 Å². The van der Waals surface area contributed by atoms with E-state index in [0.29, 0.717) is 29.4 Å². The van der Waals surface area contributed by atoms with E-state index >= 15 is 0 Å². The van der Waals surface area contributed by atoms with Crippen molar-refractivity contribution in [1.29, 1.82) is 5.26 Å². The Balaban J connectivity index is 1.27. The minimum atomic E-state index is -1.67. The van der Waals surface area contributed by atoms with Gasteiger partial charge in [-0.1, -0.05) is 84.9 Å². The minimum Gasteiger partial charge on any atom is -0.497 e. The molecule has 4 aromatic carbocycles. The average molecular weight is 845 g/mol. The monoisotopic (exact) mass is 844 g/mol. The number of rotatable bonds is 18. The Morgan fingerprint density at radius 1 is 0.869 bits per heavy atom. The van der Waals surface area contributed by atoms with Gasteiger partial charge in [-0.05, 0) is 74.7 Å². The maximum atomic E-state index is 13.9. The van der Waals surface area contributed by atoms with Gasteiger partial charge in [0.2, 0.25) is 0 Å². The Hall–Kier alpha value is -5.45. The van der Waals surface area contributed by atoms with Crippen molar-refractivity contribution in [2.75, 3.05) is 32.8 Å². The molecule has 1 aromatic heterocycles. The topological polar surface area (TPSA) is 141 Å². The molecule has 13 nitrogen and oxygen atoms in total. The number of ether oxygens (including phenoxy) is 4. The Kier molecular flexibility index (Phi) is 14.3. The molecule has 318 valence electrons. The van der Waals surface area contributed by atoms with Gasteiger partial charge in [0.05, 0.1) is 58.3 Å². The van der Waals surface area contributed by atoms with Crippen LogP contribution in [-0.4, -0.2) is 83.8 Å². The van der Waals surface area contributed by atoms with Crippen LogP contribution in [0.5, 0.6) is 11.5 Å². The summed E-state index contributed by atoms with van der Waals surface area (Å²) < 4.78 is 41.0. The summed E-state index contributed by atoms with van der Waals surface area (Å²) >= 11 is 0. The third-order valence-corrected chi connectivity index (χ3v) is 13.0. The van der Waals surface area contributed by atoms with Crippen molar-refractivity contribution in [1.82, 2.24) is 19.8 Å². The van der Waals surface area contributed by atoms with Crippen LogP contribution in [-0.2, 0) is 30.7 Å². The molecule has 1 N–H and O–H groups in total. The van der Waals surface area contributed by atoms with Gasteiger partial charge < -0.3 is 28.0 Å². The van der Waals surface area contributed by atoms with Gasteiger partial charge in [0.15, 0.2) is 5.82 Å². The first-order valence-electron chi connectivity index (χ1n) is 20.5. The summed E-state index contributed by atoms with van der Waals surface area (Å²) in [4.78, 5) is 15.6. The van der Waals surface area contributed by atoms with Crippen molar-refractivity contribution >= 4 is 20.4 Å². The zero-order valence-electron chi connectivity index (χ0n) is 35.4. The third-order valence-electron chi connectivity index (χ3n) is 10.8. The van der Waals surface area contributed by atoms with Crippen LogP contribution >= 0.6 is 8.53 Å². The van der Waals surface area contributed by atoms with Gasteiger partial charge in [-0.2, -0.15) is 5.26 Å². The van der Waals surface area contributed by atoms with Crippen molar-refractivity contribution in [3.05, 3.63) is 138 Å². The summed E-state index contributed by atoms with van der Waals surface area (Å²) in [6.45, 7) is 8.90. The first kappa shape index (κ1) is 43.6. The van der Waals surface area contributed by atoms with E-state index in [9.17, 15) is 10.1 Å². The quantitative estimate of drug-likeness (QED) is 0.0513. The molecule has 7 rings (SSSR count). The number of nitrogens with zero attached hydrogens (tertiary/aromatic N) is 5. The Labute approximate surface area is 359 Å². The number of fused-ring (bicyclic) bond motifs is 1. The zero-order valence-corrected chi connectivity index (χ0v) is 36.3. The molecule has 0 radical (unpaired) electrons. The van der Waals surface area contributed by atoms with Gasteiger partial charge in [-0.25, -0.2) is 9.46 Å². The number of anilines is 1. The highest BCUT2D eigenvalue weighted by atomic mass is 31.2. The van der Waals surface area contributed by atoms with E-state index in [0.717, 1.165) is 27.8 Å². The lowest BCUT2D eigenvalue weighted by Gasteiger charge is -2.39. The van der Waals surface area contributed by atoms with E-state index in [2.05, 4.69) is 53.9 Å². The highest BCUT2D eigenvalue weighted by Gasteiger charge is 2.47. The number of aromatic nitrogens is 2. The second-order valence-corrected chi connectivity index (χ2v) is 16.8. The first-order chi connectivity index (χ1) is 29.6. The maximum absolute atomic E-state index is 13.9. The Morgan fingerprint density at radius 3 is 2.03 bits per heavy atom. The molecular formula is C47H53N6O7P. The number of carbonyl (C=O) groups is 1. The van der Waals surface area contributed by atoms with Crippen LogP contribution in [0.1, 0.15) is 62.8 Å². The lowest BCUT2D eigenvalue weighted by Crippen LogP contribution is -2.46. The summed E-state index contributed by atoms with van der Waals surface area (Å²) in [5.41, 5.74) is 3.93. The molecule has 2 aliphatic rings. The second-order valence-electron chi connectivity index (χ2n) is 15.4. The molecular weight excluding hydrogens is 792 g/mol. The highest BCUT2D eigenvalue weighted by molar-refractivity contribution is 7.44. The van der Waals surface area contributed by atoms with E-state index in [1.54, 1.807) is 19.1 Å². The van der Waals surface area contributed by atoms with E-state index in [1.807, 2.05) is 115 Å². The van der Waals surface area contributed by atoms with Crippen molar-refractivity contribution < 1.29 is 32.8 Å². The number of benzene rings is 4. The van der Waals surface area contributed by atoms with Crippen molar-refractivity contribution in [2.45, 2.75) is 83.2 Å². The zero-order chi connectivity index (χ0) is 42.9. The SMILES string of the molecule is COc1ccc(C(OC[C@H]2O[C@@H](N3Cc4cc(-c5ccccc5)nnc4NC3=O)C[C@@H]2OP(OCCC#N)N(C(C)C)C(C)C)(c2ccccc2)c2ccc(OC)cc2)cc1. The molecule has 3 heterocycles. The summed E-state index contributed by atoms with van der Waals surface area (Å²) in [5, 5.41) is 21.1. The Bertz CT molecular complexity index is 2190. The molecule has 0 bridgehead atoms. The molecule has 5 aromatic rings. The average Bonchev–Trinajstić information content (AvgIpc) is 3.68. The number of carbonyl (C=O) groups excluding carboxylic acids is 1. The van der Waals surface area contributed by atoms with Crippen molar-refractivity contribution in [2.24, 2.45) is 0 Å². The molecule has 14 heteroatoms. The number of urea groups is 1. The van der Waals surface area contributed by atoms with Crippen molar-refractivity contribution in [3.8, 4) is 28.8 Å². The number of hydrogen-bond acceptors (Lipinski definition) is 11. The predicted molar refractivity (Wildman–Crippen MR) is 234 cm³/mol. The molecule has 0 aliphatic carbocycles. The fourth-order valence-electron chi connectivity index (χ4n) is 7.91. The van der Waals surface area contributed by atoms with E-state index in [1.165, 1.54) is 0 Å². The van der Waals surface area contributed by atoms with Gasteiger partial charge in [0.25, 0.3) is 8.53 Å². The first-order valence-corrected chi connectivity index (χ1v) is 21.7. The van der Waals surface area contributed by atoms with Crippen LogP contribution in [0.2, 0.25) is 0 Å². The highest BCUT2D eigenvalue weighted by Crippen LogP contribution is 2.50.